The summed E-state index contributed by atoms with van der Waals surface area (Å²) in [5.74, 6) is -1.87. The lowest BCUT2D eigenvalue weighted by Crippen LogP contribution is -3.05. The van der Waals surface area contributed by atoms with Crippen LogP contribution in [0.1, 0.15) is 18.1 Å². The van der Waals surface area contributed by atoms with Crippen LogP contribution in [0.25, 0.3) is 0 Å². The van der Waals surface area contributed by atoms with E-state index in [4.69, 9.17) is 9.84 Å². The molecule has 0 radical (unpaired) electrons. The SMILES string of the molecule is C[NH+](C)CCC1Oc2ccccc2Nc2ccccc21.O=C([O-])/C=C/C(=O)O. The minimum Gasteiger partial charge on any atom is -0.545 e. The van der Waals surface area contributed by atoms with Crippen LogP contribution in [-0.2, 0) is 9.59 Å². The Hall–Kier alpha value is -3.32. The summed E-state index contributed by atoms with van der Waals surface area (Å²) in [6.45, 7) is 1.08. The quantitative estimate of drug-likeness (QED) is 0.658. The largest absolute Gasteiger partial charge is 0.545 e. The molecule has 3 N–H and O–H groups in total. The molecule has 1 aliphatic rings. The van der Waals surface area contributed by atoms with Crippen molar-refractivity contribution in [2.75, 3.05) is 26.0 Å². The molecular formula is C21H24N2O5. The second-order valence-electron chi connectivity index (χ2n) is 6.55. The Bertz CT molecular complexity index is 832. The van der Waals surface area contributed by atoms with Crippen LogP contribution in [0.15, 0.2) is 60.7 Å². The highest BCUT2D eigenvalue weighted by molar-refractivity contribution is 5.88. The van der Waals surface area contributed by atoms with Crippen LogP contribution in [0, 0.1) is 0 Å². The molecule has 3 rings (SSSR count). The summed E-state index contributed by atoms with van der Waals surface area (Å²) in [5, 5.41) is 20.7. The number of nitrogens with one attached hydrogen (secondary N) is 2. The first-order chi connectivity index (χ1) is 13.4. The summed E-state index contributed by atoms with van der Waals surface area (Å²) in [7, 11) is 4.35. The number of para-hydroxylation sites is 3. The second-order valence-corrected chi connectivity index (χ2v) is 6.55. The van der Waals surface area contributed by atoms with Crippen molar-refractivity contribution in [3.8, 4) is 5.75 Å². The minimum atomic E-state index is -1.51. The number of quaternary nitrogens is 1. The zero-order valence-electron chi connectivity index (χ0n) is 15.8. The number of carbonyl (C=O) groups is 2. The Labute approximate surface area is 163 Å². The van der Waals surface area contributed by atoms with E-state index >= 15 is 0 Å². The summed E-state index contributed by atoms with van der Waals surface area (Å²) < 4.78 is 6.26. The van der Waals surface area contributed by atoms with E-state index < -0.39 is 11.9 Å². The van der Waals surface area contributed by atoms with Crippen molar-refractivity contribution in [3.05, 3.63) is 66.2 Å². The van der Waals surface area contributed by atoms with Crippen LogP contribution in [0.4, 0.5) is 11.4 Å². The fourth-order valence-electron chi connectivity index (χ4n) is 2.70. The molecule has 1 atom stereocenters. The van der Waals surface area contributed by atoms with E-state index in [2.05, 4.69) is 49.7 Å². The van der Waals surface area contributed by atoms with Gasteiger partial charge >= 0.3 is 5.97 Å². The molecule has 28 heavy (non-hydrogen) atoms. The number of carboxylic acids is 2. The van der Waals surface area contributed by atoms with Crippen LogP contribution in [0.3, 0.4) is 0 Å². The highest BCUT2D eigenvalue weighted by atomic mass is 16.5. The maximum Gasteiger partial charge on any atom is 0.328 e. The van der Waals surface area contributed by atoms with Gasteiger partial charge in [-0.3, -0.25) is 0 Å². The lowest BCUT2D eigenvalue weighted by molar-refractivity contribution is -0.858. The third kappa shape index (κ3) is 6.44. The van der Waals surface area contributed by atoms with Crippen LogP contribution in [0.5, 0.6) is 5.75 Å². The molecule has 1 heterocycles. The Kier molecular flexibility index (Phi) is 7.59. The lowest BCUT2D eigenvalue weighted by Gasteiger charge is -2.19. The highest BCUT2D eigenvalue weighted by Crippen LogP contribution is 2.39. The first-order valence-electron chi connectivity index (χ1n) is 8.89. The number of fused-ring (bicyclic) bond motifs is 2. The molecule has 148 valence electrons. The molecule has 0 saturated carbocycles. The van der Waals surface area contributed by atoms with Crippen molar-refractivity contribution in [1.29, 1.82) is 0 Å². The maximum absolute atomic E-state index is 9.53. The normalized spacial score (nSPS) is 14.6. The van der Waals surface area contributed by atoms with Gasteiger partial charge in [-0.1, -0.05) is 30.3 Å². The molecule has 0 bridgehead atoms. The molecule has 7 heteroatoms. The Morgan fingerprint density at radius 2 is 1.75 bits per heavy atom. The van der Waals surface area contributed by atoms with Gasteiger partial charge in [-0.2, -0.15) is 0 Å². The maximum atomic E-state index is 9.53. The Morgan fingerprint density at radius 1 is 1.11 bits per heavy atom. The number of aliphatic carboxylic acids is 2. The lowest BCUT2D eigenvalue weighted by atomic mass is 10.0. The first kappa shape index (κ1) is 21.0. The number of benzene rings is 2. The van der Waals surface area contributed by atoms with Crippen LogP contribution < -0.4 is 20.1 Å². The van der Waals surface area contributed by atoms with Gasteiger partial charge < -0.3 is 30.0 Å². The third-order valence-electron chi connectivity index (χ3n) is 4.00. The summed E-state index contributed by atoms with van der Waals surface area (Å²) in [6, 6.07) is 16.6. The van der Waals surface area contributed by atoms with Gasteiger partial charge in [0.05, 0.1) is 32.3 Å². The number of ether oxygens (including phenoxy) is 1. The van der Waals surface area contributed by atoms with E-state index in [0.29, 0.717) is 12.2 Å². The van der Waals surface area contributed by atoms with Gasteiger partial charge in [-0.15, -0.1) is 0 Å². The number of anilines is 2. The smallest absolute Gasteiger partial charge is 0.328 e. The van der Waals surface area contributed by atoms with Crippen molar-refractivity contribution in [3.63, 3.8) is 0 Å². The van der Waals surface area contributed by atoms with Gasteiger partial charge in [0.2, 0.25) is 0 Å². The molecule has 2 aromatic rings. The molecule has 7 nitrogen and oxygen atoms in total. The van der Waals surface area contributed by atoms with E-state index in [-0.39, 0.29) is 6.10 Å². The van der Waals surface area contributed by atoms with Gasteiger partial charge in [0.1, 0.15) is 11.9 Å². The van der Waals surface area contributed by atoms with Gasteiger partial charge in [0.15, 0.2) is 0 Å². The predicted molar refractivity (Wildman–Crippen MR) is 104 cm³/mol. The van der Waals surface area contributed by atoms with E-state index in [0.717, 1.165) is 30.1 Å². The number of carbonyl (C=O) groups excluding carboxylic acids is 1. The van der Waals surface area contributed by atoms with Gasteiger partial charge in [-0.25, -0.2) is 4.79 Å². The second kappa shape index (κ2) is 10.1. The molecule has 0 amide bonds. The molecule has 0 aliphatic carbocycles. The van der Waals surface area contributed by atoms with Gasteiger partial charge in [0.25, 0.3) is 0 Å². The summed E-state index contributed by atoms with van der Waals surface area (Å²) in [5.41, 5.74) is 3.43. The zero-order chi connectivity index (χ0) is 20.5. The van der Waals surface area contributed by atoms with Crippen molar-refractivity contribution in [1.82, 2.24) is 0 Å². The van der Waals surface area contributed by atoms with Crippen molar-refractivity contribution in [2.24, 2.45) is 0 Å². The molecule has 0 spiro atoms. The van der Waals surface area contributed by atoms with E-state index in [1.807, 2.05) is 18.2 Å². The number of hydrogen-bond donors (Lipinski definition) is 3. The summed E-state index contributed by atoms with van der Waals surface area (Å²) in [4.78, 5) is 20.4. The first-order valence-corrected chi connectivity index (χ1v) is 8.89. The van der Waals surface area contributed by atoms with Crippen LogP contribution in [-0.4, -0.2) is 37.7 Å². The van der Waals surface area contributed by atoms with Crippen LogP contribution in [0.2, 0.25) is 0 Å². The summed E-state index contributed by atoms with van der Waals surface area (Å²) >= 11 is 0. The number of hydrogen-bond acceptors (Lipinski definition) is 5. The fourth-order valence-corrected chi connectivity index (χ4v) is 2.70. The van der Waals surface area contributed by atoms with Crippen molar-refractivity contribution >= 4 is 23.3 Å². The standard InChI is InChI=1S/C17H20N2O.C4H4O4/c1-19(2)12-11-16-13-7-3-4-8-14(13)18-15-9-5-6-10-17(15)20-16;5-3(6)1-2-4(7)8/h3-10,16,18H,11-12H2,1-2H3;1-2H,(H,5,6)(H,7,8)/b;2-1+. The predicted octanol–water partition coefficient (Wildman–Crippen LogP) is 0.775. The summed E-state index contributed by atoms with van der Waals surface area (Å²) in [6.07, 6.45) is 2.06. The zero-order valence-corrected chi connectivity index (χ0v) is 15.8. The van der Waals surface area contributed by atoms with Gasteiger partial charge in [0, 0.05) is 23.7 Å². The van der Waals surface area contributed by atoms with Gasteiger partial charge in [-0.05, 0) is 24.3 Å². The molecule has 0 aromatic heterocycles. The molecule has 0 saturated heterocycles. The topological polar surface area (TPSA) is 103 Å². The van der Waals surface area contributed by atoms with E-state index in [9.17, 15) is 14.7 Å². The fraction of sp³-hybridized carbons (Fsp3) is 0.238. The number of rotatable bonds is 5. The monoisotopic (exact) mass is 384 g/mol. The minimum absolute atomic E-state index is 0.109. The molecule has 2 aromatic carbocycles. The molecule has 1 aliphatic heterocycles. The highest BCUT2D eigenvalue weighted by Gasteiger charge is 2.23. The third-order valence-corrected chi connectivity index (χ3v) is 4.00. The molecule has 1 unspecified atom stereocenters. The molecular weight excluding hydrogens is 360 g/mol. The van der Waals surface area contributed by atoms with Crippen molar-refractivity contribution < 1.29 is 29.4 Å². The average Bonchev–Trinajstić information content (AvgIpc) is 2.81. The Morgan fingerprint density at radius 3 is 2.36 bits per heavy atom. The van der Waals surface area contributed by atoms with E-state index in [1.165, 1.54) is 10.5 Å². The average molecular weight is 384 g/mol. The Balaban J connectivity index is 0.000000300. The number of carboxylic acid groups (broad SMARTS) is 2. The molecule has 0 fully saturated rings. The van der Waals surface area contributed by atoms with Crippen molar-refractivity contribution in [2.45, 2.75) is 12.5 Å². The van der Waals surface area contributed by atoms with E-state index in [1.54, 1.807) is 0 Å². The van der Waals surface area contributed by atoms with Crippen LogP contribution >= 0.6 is 0 Å².